The standard InChI is InChI=1S/C18H22N2O6S2/c1-3-27(22,23)20(28(24,25)4-2)15-9-10-16-14(13-15)7-5-11-19(16)18(21)17-8-6-12-26-17/h6,8-10,12-13H,3-5,7,11H2,1-2H3. The van der Waals surface area contributed by atoms with Crippen molar-refractivity contribution >= 4 is 37.3 Å². The van der Waals surface area contributed by atoms with Gasteiger partial charge in [0.25, 0.3) is 5.91 Å². The Morgan fingerprint density at radius 3 is 2.36 bits per heavy atom. The molecule has 0 atom stereocenters. The first-order valence-electron chi connectivity index (χ1n) is 8.95. The number of nitrogens with zero attached hydrogens (tertiary/aromatic N) is 2. The first-order chi connectivity index (χ1) is 13.2. The topological polar surface area (TPSA) is 105 Å². The van der Waals surface area contributed by atoms with Crippen LogP contribution in [0.3, 0.4) is 0 Å². The lowest BCUT2D eigenvalue weighted by molar-refractivity contribution is 0.0958. The van der Waals surface area contributed by atoms with Crippen LogP contribution in [0.25, 0.3) is 0 Å². The number of benzene rings is 1. The van der Waals surface area contributed by atoms with Crippen molar-refractivity contribution in [3.8, 4) is 0 Å². The number of fused-ring (bicyclic) bond motifs is 1. The van der Waals surface area contributed by atoms with E-state index in [0.29, 0.717) is 34.3 Å². The van der Waals surface area contributed by atoms with E-state index < -0.39 is 20.0 Å². The van der Waals surface area contributed by atoms with Crippen LogP contribution >= 0.6 is 0 Å². The highest BCUT2D eigenvalue weighted by Gasteiger charge is 2.33. The molecule has 1 aromatic carbocycles. The Kier molecular flexibility index (Phi) is 5.53. The number of carbonyl (C=O) groups is 1. The Morgan fingerprint density at radius 2 is 1.79 bits per heavy atom. The predicted molar refractivity (Wildman–Crippen MR) is 107 cm³/mol. The third-order valence-electron chi connectivity index (χ3n) is 4.60. The summed E-state index contributed by atoms with van der Waals surface area (Å²) < 4.78 is 55.6. The van der Waals surface area contributed by atoms with Crippen molar-refractivity contribution in [3.05, 3.63) is 47.9 Å². The van der Waals surface area contributed by atoms with Gasteiger partial charge in [0.2, 0.25) is 20.0 Å². The third-order valence-corrected chi connectivity index (χ3v) is 8.86. The molecule has 0 bridgehead atoms. The molecule has 0 fully saturated rings. The second-order valence-corrected chi connectivity index (χ2v) is 10.8. The van der Waals surface area contributed by atoms with Crippen molar-refractivity contribution in [1.29, 1.82) is 0 Å². The Labute approximate surface area is 164 Å². The van der Waals surface area contributed by atoms with E-state index in [1.165, 1.54) is 32.2 Å². The van der Waals surface area contributed by atoms with Gasteiger partial charge >= 0.3 is 0 Å². The molecule has 8 nitrogen and oxygen atoms in total. The second-order valence-electron chi connectivity index (χ2n) is 6.35. The molecule has 2 heterocycles. The van der Waals surface area contributed by atoms with E-state index in [4.69, 9.17) is 4.42 Å². The molecule has 2 aromatic rings. The molecule has 1 aromatic heterocycles. The minimum absolute atomic E-state index is 0.0646. The van der Waals surface area contributed by atoms with Gasteiger partial charge in [0.1, 0.15) is 0 Å². The molecule has 28 heavy (non-hydrogen) atoms. The van der Waals surface area contributed by atoms with Crippen LogP contribution in [0, 0.1) is 0 Å². The fraction of sp³-hybridized carbons (Fsp3) is 0.389. The summed E-state index contributed by atoms with van der Waals surface area (Å²) in [6.45, 7) is 3.29. The molecule has 0 radical (unpaired) electrons. The van der Waals surface area contributed by atoms with Gasteiger partial charge in [0.05, 0.1) is 23.5 Å². The third kappa shape index (κ3) is 3.66. The highest BCUT2D eigenvalue weighted by Crippen LogP contribution is 2.34. The van der Waals surface area contributed by atoms with Gasteiger partial charge in [0, 0.05) is 12.2 Å². The summed E-state index contributed by atoms with van der Waals surface area (Å²) in [6, 6.07) is 7.76. The molecule has 3 rings (SSSR count). The molecule has 0 saturated heterocycles. The van der Waals surface area contributed by atoms with Crippen molar-refractivity contribution in [2.45, 2.75) is 26.7 Å². The van der Waals surface area contributed by atoms with Crippen molar-refractivity contribution in [1.82, 2.24) is 0 Å². The van der Waals surface area contributed by atoms with E-state index in [9.17, 15) is 21.6 Å². The van der Waals surface area contributed by atoms with Crippen LogP contribution in [0.4, 0.5) is 11.4 Å². The normalized spacial score (nSPS) is 14.6. The molecule has 152 valence electrons. The van der Waals surface area contributed by atoms with Crippen LogP contribution in [0.5, 0.6) is 0 Å². The van der Waals surface area contributed by atoms with Crippen LogP contribution in [0.15, 0.2) is 41.0 Å². The van der Waals surface area contributed by atoms with Crippen LogP contribution in [-0.4, -0.2) is 40.8 Å². The SMILES string of the molecule is CCS(=O)(=O)N(c1ccc2c(c1)CCCN2C(=O)c1ccco1)S(=O)(=O)CC. The lowest BCUT2D eigenvalue weighted by atomic mass is 10.0. The zero-order valence-electron chi connectivity index (χ0n) is 15.7. The molecule has 1 amide bonds. The summed E-state index contributed by atoms with van der Waals surface area (Å²) in [5.74, 6) is -0.766. The maximum atomic E-state index is 12.7. The van der Waals surface area contributed by atoms with Gasteiger partial charge in [0.15, 0.2) is 5.76 Å². The summed E-state index contributed by atoms with van der Waals surface area (Å²) in [7, 11) is -8.05. The van der Waals surface area contributed by atoms with E-state index in [0.717, 1.165) is 0 Å². The molecule has 10 heteroatoms. The van der Waals surface area contributed by atoms with Crippen LogP contribution < -0.4 is 8.61 Å². The van der Waals surface area contributed by atoms with E-state index in [-0.39, 0.29) is 28.9 Å². The number of rotatable bonds is 6. The second kappa shape index (κ2) is 7.59. The van der Waals surface area contributed by atoms with Crippen LogP contribution in [0.2, 0.25) is 0 Å². The van der Waals surface area contributed by atoms with Crippen molar-refractivity contribution in [2.24, 2.45) is 0 Å². The number of sulfonamides is 2. The number of hydrogen-bond donors (Lipinski definition) is 0. The molecule has 0 aliphatic carbocycles. The van der Waals surface area contributed by atoms with Gasteiger partial charge in [-0.05, 0) is 62.6 Å². The average molecular weight is 427 g/mol. The molecular weight excluding hydrogens is 404 g/mol. The zero-order valence-corrected chi connectivity index (χ0v) is 17.3. The largest absolute Gasteiger partial charge is 0.459 e. The lowest BCUT2D eigenvalue weighted by Crippen LogP contribution is -2.39. The number of carbonyl (C=O) groups excluding carboxylic acids is 1. The summed E-state index contributed by atoms with van der Waals surface area (Å²) in [5.41, 5.74) is 1.40. The lowest BCUT2D eigenvalue weighted by Gasteiger charge is -2.30. The Bertz CT molecular complexity index is 1040. The predicted octanol–water partition coefficient (Wildman–Crippen LogP) is 2.38. The van der Waals surface area contributed by atoms with Gasteiger partial charge in [-0.2, -0.15) is 3.71 Å². The molecule has 0 spiro atoms. The highest BCUT2D eigenvalue weighted by atomic mass is 32.3. The van der Waals surface area contributed by atoms with Gasteiger partial charge < -0.3 is 9.32 Å². The number of anilines is 2. The van der Waals surface area contributed by atoms with Crippen LogP contribution in [0.1, 0.15) is 36.4 Å². The summed E-state index contributed by atoms with van der Waals surface area (Å²) in [4.78, 5) is 14.2. The Morgan fingerprint density at radius 1 is 1.11 bits per heavy atom. The minimum atomic E-state index is -4.03. The smallest absolute Gasteiger partial charge is 0.293 e. The van der Waals surface area contributed by atoms with Crippen molar-refractivity contribution in [2.75, 3.05) is 26.7 Å². The fourth-order valence-electron chi connectivity index (χ4n) is 3.17. The quantitative estimate of drug-likeness (QED) is 0.702. The van der Waals surface area contributed by atoms with Crippen molar-refractivity contribution in [3.63, 3.8) is 0 Å². The molecule has 1 aliphatic rings. The highest BCUT2D eigenvalue weighted by molar-refractivity contribution is 8.10. The molecule has 0 N–H and O–H groups in total. The fourth-order valence-corrected chi connectivity index (χ4v) is 6.53. The number of aryl methyl sites for hydroxylation is 1. The van der Waals surface area contributed by atoms with E-state index >= 15 is 0 Å². The van der Waals surface area contributed by atoms with Gasteiger partial charge in [-0.1, -0.05) is 0 Å². The maximum Gasteiger partial charge on any atom is 0.293 e. The maximum absolute atomic E-state index is 12.7. The molecular formula is C18H22N2O6S2. The molecule has 0 unspecified atom stereocenters. The molecule has 0 saturated carbocycles. The average Bonchev–Trinajstić information content (AvgIpc) is 3.21. The first-order valence-corrected chi connectivity index (χ1v) is 12.2. The minimum Gasteiger partial charge on any atom is -0.459 e. The number of amides is 1. The van der Waals surface area contributed by atoms with Gasteiger partial charge in [-0.3, -0.25) is 4.79 Å². The van der Waals surface area contributed by atoms with E-state index in [2.05, 4.69) is 0 Å². The van der Waals surface area contributed by atoms with Crippen LogP contribution in [-0.2, 0) is 26.5 Å². The van der Waals surface area contributed by atoms with E-state index in [1.807, 2.05) is 0 Å². The monoisotopic (exact) mass is 426 g/mol. The Hall–Kier alpha value is -2.33. The number of furan rings is 1. The van der Waals surface area contributed by atoms with Crippen molar-refractivity contribution < 1.29 is 26.0 Å². The number of hydrogen-bond acceptors (Lipinski definition) is 6. The first kappa shape index (κ1) is 20.4. The zero-order chi connectivity index (χ0) is 20.5. The summed E-state index contributed by atoms with van der Waals surface area (Å²) in [6.07, 6.45) is 2.70. The summed E-state index contributed by atoms with van der Waals surface area (Å²) in [5, 5.41) is 0. The Balaban J connectivity index is 2.06. The van der Waals surface area contributed by atoms with Gasteiger partial charge in [-0.15, -0.1) is 0 Å². The molecule has 1 aliphatic heterocycles. The summed E-state index contributed by atoms with van der Waals surface area (Å²) >= 11 is 0. The van der Waals surface area contributed by atoms with E-state index in [1.54, 1.807) is 23.1 Å². The van der Waals surface area contributed by atoms with Gasteiger partial charge in [-0.25, -0.2) is 16.8 Å².